The Labute approximate surface area is 122 Å². The van der Waals surface area contributed by atoms with Gasteiger partial charge in [-0.25, -0.2) is 0 Å². The summed E-state index contributed by atoms with van der Waals surface area (Å²) >= 11 is 0. The van der Waals surface area contributed by atoms with Gasteiger partial charge in [0.2, 0.25) is 5.91 Å². The van der Waals surface area contributed by atoms with Gasteiger partial charge >= 0.3 is 5.97 Å². The minimum atomic E-state index is -0.856. The number of carbonyl (C=O) groups excluding carboxylic acids is 1. The van der Waals surface area contributed by atoms with E-state index in [1.165, 1.54) is 0 Å². The van der Waals surface area contributed by atoms with Crippen molar-refractivity contribution in [3.05, 3.63) is 29.8 Å². The summed E-state index contributed by atoms with van der Waals surface area (Å²) in [5, 5.41) is 23.3. The van der Waals surface area contributed by atoms with Crippen molar-refractivity contribution in [2.24, 2.45) is 5.92 Å². The van der Waals surface area contributed by atoms with Gasteiger partial charge in [0, 0.05) is 18.7 Å². The monoisotopic (exact) mass is 287 g/mol. The fourth-order valence-electron chi connectivity index (χ4n) is 2.08. The molecule has 6 heteroatoms. The molecule has 1 aromatic rings. The molecule has 21 heavy (non-hydrogen) atoms. The number of carboxylic acids is 1. The van der Waals surface area contributed by atoms with Crippen molar-refractivity contribution in [1.29, 1.82) is 5.26 Å². The van der Waals surface area contributed by atoms with Crippen molar-refractivity contribution in [1.82, 2.24) is 5.32 Å². The van der Waals surface area contributed by atoms with Crippen molar-refractivity contribution in [3.63, 3.8) is 0 Å². The zero-order chi connectivity index (χ0) is 15.2. The molecule has 6 nitrogen and oxygen atoms in total. The van der Waals surface area contributed by atoms with Crippen molar-refractivity contribution >= 4 is 17.6 Å². The Balaban J connectivity index is 1.74. The van der Waals surface area contributed by atoms with E-state index >= 15 is 0 Å². The van der Waals surface area contributed by atoms with Crippen LogP contribution in [-0.2, 0) is 9.59 Å². The molecule has 0 saturated heterocycles. The Morgan fingerprint density at radius 2 is 2.00 bits per heavy atom. The molecule has 1 aliphatic carbocycles. The van der Waals surface area contributed by atoms with E-state index < -0.39 is 12.0 Å². The van der Waals surface area contributed by atoms with Crippen molar-refractivity contribution in [2.75, 3.05) is 11.9 Å². The van der Waals surface area contributed by atoms with Gasteiger partial charge in [-0.05, 0) is 43.0 Å². The van der Waals surface area contributed by atoms with Crippen LogP contribution in [0, 0.1) is 17.2 Å². The molecular weight excluding hydrogens is 270 g/mol. The molecule has 110 valence electrons. The van der Waals surface area contributed by atoms with Gasteiger partial charge in [-0.1, -0.05) is 0 Å². The van der Waals surface area contributed by atoms with Gasteiger partial charge in [0.15, 0.2) is 0 Å². The van der Waals surface area contributed by atoms with Gasteiger partial charge in [-0.3, -0.25) is 9.59 Å². The molecule has 1 fully saturated rings. The largest absolute Gasteiger partial charge is 0.480 e. The minimum Gasteiger partial charge on any atom is -0.480 e. The number of nitrogens with zero attached hydrogens (tertiary/aromatic N) is 1. The highest BCUT2D eigenvalue weighted by molar-refractivity contribution is 5.90. The molecule has 1 unspecified atom stereocenters. The van der Waals surface area contributed by atoms with Crippen molar-refractivity contribution in [2.45, 2.75) is 25.3 Å². The Morgan fingerprint density at radius 3 is 2.52 bits per heavy atom. The van der Waals surface area contributed by atoms with E-state index in [2.05, 4.69) is 10.6 Å². The number of carbonyl (C=O) groups is 2. The van der Waals surface area contributed by atoms with E-state index in [9.17, 15) is 9.59 Å². The Kier molecular flexibility index (Phi) is 4.90. The fourth-order valence-corrected chi connectivity index (χ4v) is 2.08. The van der Waals surface area contributed by atoms with Gasteiger partial charge in [0.05, 0.1) is 11.6 Å². The summed E-state index contributed by atoms with van der Waals surface area (Å²) < 4.78 is 0. The molecule has 0 aliphatic heterocycles. The first-order chi connectivity index (χ1) is 10.1. The molecule has 3 N–H and O–H groups in total. The maximum atomic E-state index is 11.7. The molecule has 1 aromatic carbocycles. The number of hydrogen-bond donors (Lipinski definition) is 3. The number of benzene rings is 1. The number of anilines is 1. The summed E-state index contributed by atoms with van der Waals surface area (Å²) in [5.41, 5.74) is 1.15. The topological polar surface area (TPSA) is 102 Å². The predicted octanol–water partition coefficient (Wildman–Crippen LogP) is 1.34. The summed E-state index contributed by atoms with van der Waals surface area (Å²) in [6.45, 7) is 0.329. The zero-order valence-corrected chi connectivity index (χ0v) is 11.5. The number of hydrogen-bond acceptors (Lipinski definition) is 4. The molecule has 0 spiro atoms. The van der Waals surface area contributed by atoms with Crippen LogP contribution in [-0.4, -0.2) is 29.6 Å². The summed E-state index contributed by atoms with van der Waals surface area (Å²) in [7, 11) is 0. The van der Waals surface area contributed by atoms with Gasteiger partial charge in [-0.15, -0.1) is 0 Å². The highest BCUT2D eigenvalue weighted by atomic mass is 16.4. The first kappa shape index (κ1) is 15.0. The lowest BCUT2D eigenvalue weighted by Gasteiger charge is -2.13. The molecule has 1 amide bonds. The Hall–Kier alpha value is -2.39. The van der Waals surface area contributed by atoms with E-state index in [1.807, 2.05) is 6.07 Å². The van der Waals surface area contributed by atoms with E-state index in [-0.39, 0.29) is 18.2 Å². The third-order valence-electron chi connectivity index (χ3n) is 3.37. The number of nitrogens with one attached hydrogen (secondary N) is 2. The van der Waals surface area contributed by atoms with Crippen LogP contribution in [0.5, 0.6) is 0 Å². The molecular formula is C15H17N3O3. The first-order valence-corrected chi connectivity index (χ1v) is 6.86. The van der Waals surface area contributed by atoms with E-state index in [4.69, 9.17) is 10.4 Å². The predicted molar refractivity (Wildman–Crippen MR) is 76.6 cm³/mol. The van der Waals surface area contributed by atoms with Gasteiger partial charge in [0.1, 0.15) is 6.04 Å². The van der Waals surface area contributed by atoms with Crippen molar-refractivity contribution < 1.29 is 14.7 Å². The lowest BCUT2D eigenvalue weighted by Crippen LogP contribution is -2.39. The normalized spacial score (nSPS) is 15.0. The van der Waals surface area contributed by atoms with Gasteiger partial charge < -0.3 is 15.7 Å². The second-order valence-corrected chi connectivity index (χ2v) is 5.09. The van der Waals surface area contributed by atoms with Crippen LogP contribution in [0.3, 0.4) is 0 Å². The van der Waals surface area contributed by atoms with Crippen molar-refractivity contribution in [3.8, 4) is 6.07 Å². The quantitative estimate of drug-likeness (QED) is 0.702. The number of amides is 1. The smallest absolute Gasteiger partial charge is 0.320 e. The van der Waals surface area contributed by atoms with Crippen LogP contribution in [0.1, 0.15) is 24.8 Å². The van der Waals surface area contributed by atoms with Crippen LogP contribution in [0.2, 0.25) is 0 Å². The van der Waals surface area contributed by atoms with Gasteiger partial charge in [0.25, 0.3) is 0 Å². The number of nitriles is 1. The van der Waals surface area contributed by atoms with Crippen LogP contribution in [0.15, 0.2) is 24.3 Å². The van der Waals surface area contributed by atoms with Crippen LogP contribution < -0.4 is 10.6 Å². The maximum Gasteiger partial charge on any atom is 0.320 e. The third kappa shape index (κ3) is 4.58. The molecule has 1 aliphatic rings. The van der Waals surface area contributed by atoms with Crippen LogP contribution >= 0.6 is 0 Å². The Bertz CT molecular complexity index is 559. The summed E-state index contributed by atoms with van der Waals surface area (Å²) in [6.07, 6.45) is 2.07. The van der Waals surface area contributed by atoms with Gasteiger partial charge in [-0.2, -0.15) is 5.26 Å². The molecule has 1 saturated carbocycles. The second kappa shape index (κ2) is 6.86. The molecule has 0 heterocycles. The van der Waals surface area contributed by atoms with E-state index in [1.54, 1.807) is 24.3 Å². The number of rotatable bonds is 7. The summed E-state index contributed by atoms with van der Waals surface area (Å²) in [4.78, 5) is 22.8. The minimum absolute atomic E-state index is 0.188. The highest BCUT2D eigenvalue weighted by Crippen LogP contribution is 2.32. The lowest BCUT2D eigenvalue weighted by atomic mass is 10.2. The lowest BCUT2D eigenvalue weighted by molar-refractivity contribution is -0.140. The molecule has 2 rings (SSSR count). The zero-order valence-electron chi connectivity index (χ0n) is 11.5. The van der Waals surface area contributed by atoms with Crippen LogP contribution in [0.25, 0.3) is 0 Å². The van der Waals surface area contributed by atoms with Crippen LogP contribution in [0.4, 0.5) is 5.69 Å². The summed E-state index contributed by atoms with van der Waals surface area (Å²) in [5.74, 6) is -0.846. The van der Waals surface area contributed by atoms with E-state index in [0.717, 1.165) is 12.8 Å². The first-order valence-electron chi connectivity index (χ1n) is 6.86. The number of carboxylic acid groups (broad SMARTS) is 1. The van der Waals surface area contributed by atoms with E-state index in [0.29, 0.717) is 17.8 Å². The fraction of sp³-hybridized carbons (Fsp3) is 0.400. The SMILES string of the molecule is N#Cc1ccc(NC(=O)CCNC(C(=O)O)C2CC2)cc1. The molecule has 0 radical (unpaired) electrons. The highest BCUT2D eigenvalue weighted by Gasteiger charge is 2.35. The average molecular weight is 287 g/mol. The molecule has 0 aromatic heterocycles. The molecule has 0 bridgehead atoms. The third-order valence-corrected chi connectivity index (χ3v) is 3.37. The Morgan fingerprint density at radius 1 is 1.33 bits per heavy atom. The maximum absolute atomic E-state index is 11.7. The standard InChI is InChI=1S/C15H17N3O3/c16-9-10-1-5-12(6-2-10)18-13(19)7-8-17-14(15(20)21)11-3-4-11/h1-2,5-6,11,14,17H,3-4,7-8H2,(H,18,19)(H,20,21). The molecule has 1 atom stereocenters. The summed E-state index contributed by atoms with van der Waals surface area (Å²) in [6, 6.07) is 8.03. The number of aliphatic carboxylic acids is 1. The second-order valence-electron chi connectivity index (χ2n) is 5.09. The average Bonchev–Trinajstić information content (AvgIpc) is 3.28.